The molecule has 0 radical (unpaired) electrons. The van der Waals surface area contributed by atoms with Crippen molar-refractivity contribution in [3.05, 3.63) is 11.1 Å². The number of hydrogen-bond donors (Lipinski definition) is 0. The van der Waals surface area contributed by atoms with Crippen LogP contribution >= 0.6 is 0 Å². The quantitative estimate of drug-likeness (QED) is 0.469. The summed E-state index contributed by atoms with van der Waals surface area (Å²) >= 11 is 0. The minimum absolute atomic E-state index is 0.890. The fourth-order valence-electron chi connectivity index (χ4n) is 2.35. The van der Waals surface area contributed by atoms with Crippen molar-refractivity contribution in [2.75, 3.05) is 0 Å². The molecule has 0 aromatic carbocycles. The molecule has 0 aromatic heterocycles. The first-order valence-corrected chi connectivity index (χ1v) is 3.93. The van der Waals surface area contributed by atoms with Gasteiger partial charge in [-0.3, -0.25) is 0 Å². The summed E-state index contributed by atoms with van der Waals surface area (Å²) in [5.74, 6) is 2.81. The van der Waals surface area contributed by atoms with Crippen LogP contribution in [0.3, 0.4) is 0 Å². The van der Waals surface area contributed by atoms with Crippen molar-refractivity contribution in [2.45, 2.75) is 27.2 Å². The van der Waals surface area contributed by atoms with Crippen molar-refractivity contribution in [1.82, 2.24) is 0 Å². The lowest BCUT2D eigenvalue weighted by Gasteiger charge is -2.28. The second kappa shape index (κ2) is 1.42. The van der Waals surface area contributed by atoms with Crippen molar-refractivity contribution < 1.29 is 0 Å². The summed E-state index contributed by atoms with van der Waals surface area (Å²) < 4.78 is 0. The Morgan fingerprint density at radius 3 is 2.22 bits per heavy atom. The lowest BCUT2D eigenvalue weighted by atomic mass is 9.76. The fourth-order valence-corrected chi connectivity index (χ4v) is 2.35. The first-order valence-electron chi connectivity index (χ1n) is 3.93. The molecule has 2 aliphatic rings. The Labute approximate surface area is 57.0 Å². The molecule has 0 heteroatoms. The van der Waals surface area contributed by atoms with Gasteiger partial charge in [0.1, 0.15) is 0 Å². The highest BCUT2D eigenvalue weighted by Crippen LogP contribution is 2.59. The molecular weight excluding hydrogens is 108 g/mol. The van der Waals surface area contributed by atoms with E-state index in [1.807, 2.05) is 0 Å². The Hall–Kier alpha value is -0.260. The highest BCUT2D eigenvalue weighted by Gasteiger charge is 2.47. The van der Waals surface area contributed by atoms with Gasteiger partial charge in [-0.1, -0.05) is 31.9 Å². The highest BCUT2D eigenvalue weighted by molar-refractivity contribution is 5.49. The third-order valence-electron chi connectivity index (χ3n) is 2.88. The first-order chi connectivity index (χ1) is 4.22. The normalized spacial score (nSPS) is 38.7. The zero-order chi connectivity index (χ0) is 6.59. The van der Waals surface area contributed by atoms with Gasteiger partial charge in [-0.15, -0.1) is 0 Å². The summed E-state index contributed by atoms with van der Waals surface area (Å²) in [5.41, 5.74) is 3.59. The van der Waals surface area contributed by atoms with Gasteiger partial charge in [0.2, 0.25) is 0 Å². The van der Waals surface area contributed by atoms with Crippen LogP contribution in [0.15, 0.2) is 11.1 Å². The van der Waals surface area contributed by atoms with Crippen molar-refractivity contribution in [1.29, 1.82) is 0 Å². The van der Waals surface area contributed by atoms with Crippen LogP contribution in [0.5, 0.6) is 0 Å². The Bertz CT molecular complexity index is 174. The van der Waals surface area contributed by atoms with E-state index in [2.05, 4.69) is 20.8 Å². The van der Waals surface area contributed by atoms with Crippen LogP contribution in [0, 0.1) is 17.8 Å². The molecule has 50 valence electrons. The summed E-state index contributed by atoms with van der Waals surface area (Å²) in [6.45, 7) is 7.04. The molecular formula is C9H14. The van der Waals surface area contributed by atoms with Gasteiger partial charge in [-0.2, -0.15) is 0 Å². The monoisotopic (exact) mass is 122 g/mol. The Morgan fingerprint density at radius 1 is 1.33 bits per heavy atom. The van der Waals surface area contributed by atoms with Crippen molar-refractivity contribution in [2.24, 2.45) is 17.8 Å². The molecule has 2 atom stereocenters. The van der Waals surface area contributed by atoms with Crippen molar-refractivity contribution in [3.8, 4) is 0 Å². The molecule has 2 rings (SSSR count). The van der Waals surface area contributed by atoms with Crippen LogP contribution in [0.2, 0.25) is 0 Å². The SMILES string of the molecule is CC(C)C1C2=C(C2)C1C. The molecule has 2 unspecified atom stereocenters. The zero-order valence-corrected chi connectivity index (χ0v) is 6.44. The third-order valence-corrected chi connectivity index (χ3v) is 2.88. The number of allylic oxidation sites excluding steroid dienone is 2. The predicted octanol–water partition coefficient (Wildman–Crippen LogP) is 2.61. The first kappa shape index (κ1) is 5.52. The fraction of sp³-hybridized carbons (Fsp3) is 0.778. The van der Waals surface area contributed by atoms with E-state index in [0.717, 1.165) is 17.8 Å². The average Bonchev–Trinajstić information content (AvgIpc) is 2.41. The van der Waals surface area contributed by atoms with E-state index >= 15 is 0 Å². The van der Waals surface area contributed by atoms with Gasteiger partial charge >= 0.3 is 0 Å². The topological polar surface area (TPSA) is 0 Å². The van der Waals surface area contributed by atoms with Crippen LogP contribution in [0.4, 0.5) is 0 Å². The molecule has 0 aromatic rings. The summed E-state index contributed by atoms with van der Waals surface area (Å²) in [5, 5.41) is 0. The molecule has 0 bridgehead atoms. The lowest BCUT2D eigenvalue weighted by Crippen LogP contribution is -2.20. The van der Waals surface area contributed by atoms with Gasteiger partial charge < -0.3 is 0 Å². The average molecular weight is 122 g/mol. The Balaban J connectivity index is 2.11. The van der Waals surface area contributed by atoms with Crippen molar-refractivity contribution in [3.63, 3.8) is 0 Å². The van der Waals surface area contributed by atoms with Crippen LogP contribution in [0.25, 0.3) is 0 Å². The van der Waals surface area contributed by atoms with Crippen LogP contribution < -0.4 is 0 Å². The summed E-state index contributed by atoms with van der Waals surface area (Å²) in [7, 11) is 0. The third kappa shape index (κ3) is 0.540. The summed E-state index contributed by atoms with van der Waals surface area (Å²) in [4.78, 5) is 0. The van der Waals surface area contributed by atoms with Gasteiger partial charge in [-0.25, -0.2) is 0 Å². The van der Waals surface area contributed by atoms with E-state index in [-0.39, 0.29) is 0 Å². The van der Waals surface area contributed by atoms with E-state index in [1.165, 1.54) is 6.42 Å². The molecule has 0 aliphatic heterocycles. The van der Waals surface area contributed by atoms with E-state index in [4.69, 9.17) is 0 Å². The second-order valence-electron chi connectivity index (χ2n) is 3.79. The predicted molar refractivity (Wildman–Crippen MR) is 39.1 cm³/mol. The molecule has 0 saturated heterocycles. The molecule has 9 heavy (non-hydrogen) atoms. The van der Waals surface area contributed by atoms with Gasteiger partial charge in [0.05, 0.1) is 0 Å². The molecule has 0 spiro atoms. The van der Waals surface area contributed by atoms with E-state index in [0.29, 0.717) is 0 Å². The van der Waals surface area contributed by atoms with Gasteiger partial charge in [0.25, 0.3) is 0 Å². The van der Waals surface area contributed by atoms with E-state index in [1.54, 1.807) is 11.1 Å². The summed E-state index contributed by atoms with van der Waals surface area (Å²) in [6, 6.07) is 0. The Kier molecular flexibility index (Phi) is 0.870. The lowest BCUT2D eigenvalue weighted by molar-refractivity contribution is 0.346. The molecule has 0 N–H and O–H groups in total. The molecule has 0 nitrogen and oxygen atoms in total. The van der Waals surface area contributed by atoms with Crippen molar-refractivity contribution >= 4 is 0 Å². The number of rotatable bonds is 1. The maximum Gasteiger partial charge on any atom is -0.00966 e. The minimum atomic E-state index is 0.890. The maximum atomic E-state index is 2.37. The van der Waals surface area contributed by atoms with E-state index in [9.17, 15) is 0 Å². The molecule has 2 aliphatic carbocycles. The minimum Gasteiger partial charge on any atom is -0.0629 e. The van der Waals surface area contributed by atoms with Crippen LogP contribution in [-0.2, 0) is 0 Å². The van der Waals surface area contributed by atoms with Crippen LogP contribution in [-0.4, -0.2) is 0 Å². The standard InChI is InChI=1S/C9H14/c1-5(2)9-6(3)7-4-8(7)9/h5-6,9H,4H2,1-3H3. The molecule has 0 heterocycles. The molecule has 0 amide bonds. The van der Waals surface area contributed by atoms with Gasteiger partial charge in [0.15, 0.2) is 0 Å². The van der Waals surface area contributed by atoms with Gasteiger partial charge in [0, 0.05) is 0 Å². The van der Waals surface area contributed by atoms with Gasteiger partial charge in [-0.05, 0) is 24.2 Å². The maximum absolute atomic E-state index is 2.37. The Morgan fingerprint density at radius 2 is 2.00 bits per heavy atom. The highest BCUT2D eigenvalue weighted by atomic mass is 14.5. The number of hydrogen-bond acceptors (Lipinski definition) is 0. The zero-order valence-electron chi connectivity index (χ0n) is 6.44. The second-order valence-corrected chi connectivity index (χ2v) is 3.79. The largest absolute Gasteiger partial charge is 0.0629 e. The smallest absolute Gasteiger partial charge is 0.00966 e. The molecule has 0 saturated carbocycles. The summed E-state index contributed by atoms with van der Waals surface area (Å²) in [6.07, 6.45) is 1.39. The molecule has 0 fully saturated rings. The van der Waals surface area contributed by atoms with E-state index < -0.39 is 0 Å². The van der Waals surface area contributed by atoms with Crippen LogP contribution in [0.1, 0.15) is 27.2 Å².